The van der Waals surface area contributed by atoms with Crippen LogP contribution in [0.3, 0.4) is 0 Å². The Bertz CT molecular complexity index is 221. The van der Waals surface area contributed by atoms with Crippen LogP contribution in [-0.2, 0) is 0 Å². The predicted molar refractivity (Wildman–Crippen MR) is 74.0 cm³/mol. The number of nitrogens with zero attached hydrogens (tertiary/aromatic N) is 1. The molecule has 0 aromatic rings. The number of rotatable bonds is 3. The third-order valence-corrected chi connectivity index (χ3v) is 5.25. The summed E-state index contributed by atoms with van der Waals surface area (Å²) in [6, 6.07) is 0.607. The lowest BCUT2D eigenvalue weighted by atomic mass is 9.68. The van der Waals surface area contributed by atoms with Crippen LogP contribution in [-0.4, -0.2) is 30.6 Å². The molecule has 2 heteroatoms. The first kappa shape index (κ1) is 13.4. The highest BCUT2D eigenvalue weighted by Gasteiger charge is 2.37. The first-order chi connectivity index (χ1) is 8.17. The predicted octanol–water partition coefficient (Wildman–Crippen LogP) is 3.02. The van der Waals surface area contributed by atoms with Gasteiger partial charge < -0.3 is 5.73 Å². The molecule has 2 N–H and O–H groups in total. The van der Waals surface area contributed by atoms with E-state index >= 15 is 0 Å². The molecule has 0 amide bonds. The average molecular weight is 238 g/mol. The zero-order valence-corrected chi connectivity index (χ0v) is 11.8. The van der Waals surface area contributed by atoms with E-state index in [4.69, 9.17) is 5.73 Å². The summed E-state index contributed by atoms with van der Waals surface area (Å²) in [4.78, 5) is 2.66. The SMILES string of the molecule is CC(C)C(CN)N1CCC2(CCCCC2)CC1. The summed E-state index contributed by atoms with van der Waals surface area (Å²) >= 11 is 0. The Morgan fingerprint density at radius 3 is 2.06 bits per heavy atom. The summed E-state index contributed by atoms with van der Waals surface area (Å²) in [7, 11) is 0. The topological polar surface area (TPSA) is 29.3 Å². The van der Waals surface area contributed by atoms with E-state index in [0.717, 1.165) is 12.0 Å². The smallest absolute Gasteiger partial charge is 0.0241 e. The fraction of sp³-hybridized carbons (Fsp3) is 1.00. The second-order valence-electron chi connectivity index (χ2n) is 6.64. The fourth-order valence-corrected chi connectivity index (χ4v) is 3.97. The molecule has 1 saturated carbocycles. The van der Waals surface area contributed by atoms with Gasteiger partial charge in [0, 0.05) is 12.6 Å². The van der Waals surface area contributed by atoms with Crippen molar-refractivity contribution in [2.75, 3.05) is 19.6 Å². The second kappa shape index (κ2) is 5.71. The van der Waals surface area contributed by atoms with Crippen molar-refractivity contribution in [3.63, 3.8) is 0 Å². The van der Waals surface area contributed by atoms with Gasteiger partial charge in [0.15, 0.2) is 0 Å². The number of hydrogen-bond donors (Lipinski definition) is 1. The quantitative estimate of drug-likeness (QED) is 0.819. The minimum absolute atomic E-state index is 0.607. The summed E-state index contributed by atoms with van der Waals surface area (Å²) in [5.41, 5.74) is 6.66. The number of hydrogen-bond acceptors (Lipinski definition) is 2. The largest absolute Gasteiger partial charge is 0.329 e. The van der Waals surface area contributed by atoms with Gasteiger partial charge in [-0.25, -0.2) is 0 Å². The molecular weight excluding hydrogens is 208 g/mol. The molecule has 2 nitrogen and oxygen atoms in total. The van der Waals surface area contributed by atoms with Gasteiger partial charge in [0.2, 0.25) is 0 Å². The molecule has 0 aromatic carbocycles. The summed E-state index contributed by atoms with van der Waals surface area (Å²) in [5, 5.41) is 0. The Labute approximate surface area is 107 Å². The van der Waals surface area contributed by atoms with Gasteiger partial charge in [-0.05, 0) is 50.1 Å². The van der Waals surface area contributed by atoms with Gasteiger partial charge in [-0.3, -0.25) is 4.90 Å². The van der Waals surface area contributed by atoms with Crippen molar-refractivity contribution in [1.29, 1.82) is 0 Å². The van der Waals surface area contributed by atoms with E-state index in [-0.39, 0.29) is 0 Å². The van der Waals surface area contributed by atoms with E-state index in [0.29, 0.717) is 12.0 Å². The fourth-order valence-electron chi connectivity index (χ4n) is 3.97. The maximum Gasteiger partial charge on any atom is 0.0241 e. The van der Waals surface area contributed by atoms with E-state index < -0.39 is 0 Å². The van der Waals surface area contributed by atoms with Gasteiger partial charge in [0.05, 0.1) is 0 Å². The molecule has 1 heterocycles. The Morgan fingerprint density at radius 2 is 1.59 bits per heavy atom. The number of likely N-dealkylation sites (tertiary alicyclic amines) is 1. The molecule has 0 radical (unpaired) electrons. The average Bonchev–Trinajstić information content (AvgIpc) is 2.33. The molecule has 2 fully saturated rings. The van der Waals surface area contributed by atoms with Crippen molar-refractivity contribution in [3.05, 3.63) is 0 Å². The van der Waals surface area contributed by atoms with Gasteiger partial charge >= 0.3 is 0 Å². The Kier molecular flexibility index (Phi) is 4.48. The second-order valence-corrected chi connectivity index (χ2v) is 6.64. The van der Waals surface area contributed by atoms with Crippen molar-refractivity contribution in [1.82, 2.24) is 4.90 Å². The van der Waals surface area contributed by atoms with E-state index in [1.165, 1.54) is 58.0 Å². The third-order valence-electron chi connectivity index (χ3n) is 5.25. The van der Waals surface area contributed by atoms with Crippen LogP contribution in [0.2, 0.25) is 0 Å². The van der Waals surface area contributed by atoms with Crippen LogP contribution in [0.15, 0.2) is 0 Å². The molecule has 100 valence electrons. The van der Waals surface area contributed by atoms with Gasteiger partial charge in [-0.15, -0.1) is 0 Å². The highest BCUT2D eigenvalue weighted by Crippen LogP contribution is 2.44. The maximum absolute atomic E-state index is 5.93. The molecule has 1 atom stereocenters. The van der Waals surface area contributed by atoms with Crippen LogP contribution >= 0.6 is 0 Å². The summed E-state index contributed by atoms with van der Waals surface area (Å²) < 4.78 is 0. The summed E-state index contributed by atoms with van der Waals surface area (Å²) in [6.45, 7) is 8.02. The lowest BCUT2D eigenvalue weighted by Crippen LogP contribution is -2.50. The number of nitrogens with two attached hydrogens (primary N) is 1. The lowest BCUT2D eigenvalue weighted by molar-refractivity contribution is 0.0353. The van der Waals surface area contributed by atoms with Crippen LogP contribution < -0.4 is 5.73 Å². The van der Waals surface area contributed by atoms with Crippen molar-refractivity contribution >= 4 is 0 Å². The molecule has 0 aromatic heterocycles. The molecule has 1 aliphatic heterocycles. The van der Waals surface area contributed by atoms with Crippen LogP contribution in [0, 0.1) is 11.3 Å². The van der Waals surface area contributed by atoms with Gasteiger partial charge in [0.25, 0.3) is 0 Å². The van der Waals surface area contributed by atoms with E-state index in [1.54, 1.807) is 0 Å². The zero-order chi connectivity index (χ0) is 12.3. The first-order valence-electron chi connectivity index (χ1n) is 7.61. The van der Waals surface area contributed by atoms with Gasteiger partial charge in [-0.1, -0.05) is 33.1 Å². The van der Waals surface area contributed by atoms with Gasteiger partial charge in [-0.2, -0.15) is 0 Å². The molecule has 1 spiro atoms. The van der Waals surface area contributed by atoms with Crippen molar-refractivity contribution < 1.29 is 0 Å². The van der Waals surface area contributed by atoms with E-state index in [1.807, 2.05) is 0 Å². The Morgan fingerprint density at radius 1 is 1.00 bits per heavy atom. The van der Waals surface area contributed by atoms with Crippen LogP contribution in [0.5, 0.6) is 0 Å². The van der Waals surface area contributed by atoms with Crippen molar-refractivity contribution in [2.24, 2.45) is 17.1 Å². The molecule has 0 bridgehead atoms. The monoisotopic (exact) mass is 238 g/mol. The molecule has 2 aliphatic rings. The lowest BCUT2D eigenvalue weighted by Gasteiger charge is -2.47. The molecule has 1 unspecified atom stereocenters. The number of piperidine rings is 1. The third kappa shape index (κ3) is 3.03. The minimum atomic E-state index is 0.607. The summed E-state index contributed by atoms with van der Waals surface area (Å²) in [5.74, 6) is 0.695. The standard InChI is InChI=1S/C15H30N2/c1-13(2)14(12-16)17-10-8-15(9-11-17)6-4-3-5-7-15/h13-14H,3-12,16H2,1-2H3. The zero-order valence-electron chi connectivity index (χ0n) is 11.8. The van der Waals surface area contributed by atoms with Gasteiger partial charge in [0.1, 0.15) is 0 Å². The minimum Gasteiger partial charge on any atom is -0.329 e. The van der Waals surface area contributed by atoms with Crippen molar-refractivity contribution in [2.45, 2.75) is 64.8 Å². The van der Waals surface area contributed by atoms with Crippen LogP contribution in [0.25, 0.3) is 0 Å². The Hall–Kier alpha value is -0.0800. The van der Waals surface area contributed by atoms with Crippen LogP contribution in [0.4, 0.5) is 0 Å². The first-order valence-corrected chi connectivity index (χ1v) is 7.61. The van der Waals surface area contributed by atoms with E-state index in [2.05, 4.69) is 18.7 Å². The molecule has 2 rings (SSSR count). The van der Waals surface area contributed by atoms with E-state index in [9.17, 15) is 0 Å². The van der Waals surface area contributed by atoms with Crippen LogP contribution in [0.1, 0.15) is 58.8 Å². The molecule has 1 saturated heterocycles. The summed E-state index contributed by atoms with van der Waals surface area (Å²) in [6.07, 6.45) is 10.3. The molecule has 1 aliphatic carbocycles. The maximum atomic E-state index is 5.93. The molecular formula is C15H30N2. The highest BCUT2D eigenvalue weighted by atomic mass is 15.2. The molecule has 17 heavy (non-hydrogen) atoms. The van der Waals surface area contributed by atoms with Crippen molar-refractivity contribution in [3.8, 4) is 0 Å². The Balaban J connectivity index is 1.88. The highest BCUT2D eigenvalue weighted by molar-refractivity contribution is 4.90. The normalized spacial score (nSPS) is 27.5.